The van der Waals surface area contributed by atoms with E-state index in [0.717, 1.165) is 5.69 Å². The molecule has 2 heterocycles. The number of benzene rings is 1. The number of rotatable bonds is 3. The summed E-state index contributed by atoms with van der Waals surface area (Å²) in [6.07, 6.45) is 4.78. The third kappa shape index (κ3) is 3.10. The zero-order valence-corrected chi connectivity index (χ0v) is 13.9. The van der Waals surface area contributed by atoms with Gasteiger partial charge in [0, 0.05) is 18.1 Å². The Kier molecular flexibility index (Phi) is 4.00. The van der Waals surface area contributed by atoms with Gasteiger partial charge in [0.05, 0.1) is 6.20 Å². The van der Waals surface area contributed by atoms with Gasteiger partial charge in [-0.1, -0.05) is 32.9 Å². The number of hydrogen-bond acceptors (Lipinski definition) is 5. The molecule has 0 unspecified atom stereocenters. The number of nitriles is 1. The van der Waals surface area contributed by atoms with Crippen molar-refractivity contribution >= 4 is 11.5 Å². The van der Waals surface area contributed by atoms with E-state index in [1.165, 1.54) is 16.4 Å². The molecule has 0 bridgehead atoms. The van der Waals surface area contributed by atoms with E-state index in [2.05, 4.69) is 59.4 Å². The quantitative estimate of drug-likeness (QED) is 0.798. The topological polar surface area (TPSA) is 79.4 Å². The minimum atomic E-state index is 0.0932. The average molecular weight is 318 g/mol. The Morgan fingerprint density at radius 3 is 2.33 bits per heavy atom. The molecule has 0 saturated carbocycles. The van der Waals surface area contributed by atoms with Gasteiger partial charge in [-0.3, -0.25) is 0 Å². The van der Waals surface area contributed by atoms with Crippen molar-refractivity contribution in [3.8, 4) is 12.0 Å². The highest BCUT2D eigenvalue weighted by Crippen LogP contribution is 2.26. The van der Waals surface area contributed by atoms with Crippen molar-refractivity contribution in [1.82, 2.24) is 19.7 Å². The van der Waals surface area contributed by atoms with Gasteiger partial charge in [-0.15, -0.1) is 0 Å². The predicted molar refractivity (Wildman–Crippen MR) is 92.3 cm³/mol. The van der Waals surface area contributed by atoms with Crippen molar-refractivity contribution in [3.63, 3.8) is 0 Å². The van der Waals surface area contributed by atoms with E-state index in [4.69, 9.17) is 0 Å². The summed E-state index contributed by atoms with van der Waals surface area (Å²) >= 11 is 0. The fraction of sp³-hybridized carbons (Fsp3) is 0.222. The van der Waals surface area contributed by atoms with Crippen LogP contribution in [0.4, 0.5) is 11.5 Å². The van der Waals surface area contributed by atoms with Crippen LogP contribution in [0.25, 0.3) is 5.95 Å². The lowest BCUT2D eigenvalue weighted by Crippen LogP contribution is -2.11. The Balaban J connectivity index is 1.96. The summed E-state index contributed by atoms with van der Waals surface area (Å²) in [7, 11) is 0. The van der Waals surface area contributed by atoms with E-state index in [9.17, 15) is 5.26 Å². The molecule has 0 amide bonds. The maximum absolute atomic E-state index is 9.32. The second kappa shape index (κ2) is 6.13. The van der Waals surface area contributed by atoms with Gasteiger partial charge in [-0.25, -0.2) is 9.97 Å². The van der Waals surface area contributed by atoms with Crippen LogP contribution in [0.5, 0.6) is 0 Å². The third-order valence-electron chi connectivity index (χ3n) is 3.64. The van der Waals surface area contributed by atoms with E-state index in [-0.39, 0.29) is 5.41 Å². The molecule has 0 atom stereocenters. The summed E-state index contributed by atoms with van der Waals surface area (Å²) in [6.45, 7) is 6.51. The highest BCUT2D eigenvalue weighted by molar-refractivity contribution is 5.64. The Bertz CT molecular complexity index is 867. The van der Waals surface area contributed by atoms with Crippen LogP contribution < -0.4 is 5.32 Å². The van der Waals surface area contributed by atoms with Crippen LogP contribution >= 0.6 is 0 Å². The van der Waals surface area contributed by atoms with Crippen molar-refractivity contribution in [2.24, 2.45) is 0 Å². The largest absolute Gasteiger partial charge is 0.339 e. The smallest absolute Gasteiger partial charge is 0.252 e. The van der Waals surface area contributed by atoms with Crippen LogP contribution in [-0.2, 0) is 5.41 Å². The second-order valence-corrected chi connectivity index (χ2v) is 6.43. The van der Waals surface area contributed by atoms with Gasteiger partial charge in [0.1, 0.15) is 11.6 Å². The van der Waals surface area contributed by atoms with Crippen molar-refractivity contribution in [1.29, 1.82) is 5.26 Å². The molecule has 0 aliphatic carbocycles. The number of anilines is 2. The lowest BCUT2D eigenvalue weighted by molar-refractivity contribution is 0.590. The highest BCUT2D eigenvalue weighted by atomic mass is 15.4. The molecule has 0 spiro atoms. The summed E-state index contributed by atoms with van der Waals surface area (Å²) in [6, 6.07) is 12.0. The number of nitrogens with zero attached hydrogens (tertiary/aromatic N) is 5. The first-order chi connectivity index (χ1) is 11.5. The van der Waals surface area contributed by atoms with Crippen molar-refractivity contribution in [3.05, 3.63) is 60.0 Å². The summed E-state index contributed by atoms with van der Waals surface area (Å²) in [5.41, 5.74) is 2.64. The molecular formula is C18H18N6. The van der Waals surface area contributed by atoms with Gasteiger partial charge in [0.25, 0.3) is 5.95 Å². The molecule has 6 heteroatoms. The molecule has 6 nitrogen and oxygen atoms in total. The van der Waals surface area contributed by atoms with Crippen molar-refractivity contribution < 1.29 is 0 Å². The lowest BCUT2D eigenvalue weighted by Gasteiger charge is -2.19. The number of nitrogens with one attached hydrogen (secondary N) is 1. The molecule has 0 saturated heterocycles. The summed E-state index contributed by atoms with van der Waals surface area (Å²) in [5.74, 6) is 0.958. The maximum atomic E-state index is 9.32. The Hall–Kier alpha value is -3.20. The Morgan fingerprint density at radius 2 is 1.75 bits per heavy atom. The van der Waals surface area contributed by atoms with Gasteiger partial charge >= 0.3 is 0 Å². The molecule has 0 radical (unpaired) electrons. The first-order valence-electron chi connectivity index (χ1n) is 7.62. The normalized spacial score (nSPS) is 11.1. The highest BCUT2D eigenvalue weighted by Gasteiger charge is 2.16. The Morgan fingerprint density at radius 1 is 1.08 bits per heavy atom. The standard InChI is InChI=1S/C18H18N6/c1-18(2,3)14-5-7-15(8-6-14)23-16-13(11-19)12-22-24(16)17-20-9-4-10-21-17/h4-10,12,23H,1-3H3. The van der Waals surface area contributed by atoms with Gasteiger partial charge < -0.3 is 5.32 Å². The molecule has 0 fully saturated rings. The molecule has 1 aromatic carbocycles. The van der Waals surface area contributed by atoms with E-state index in [1.807, 2.05) is 12.1 Å². The molecule has 24 heavy (non-hydrogen) atoms. The Labute approximate surface area is 140 Å². The zero-order valence-electron chi connectivity index (χ0n) is 13.9. The minimum Gasteiger partial charge on any atom is -0.339 e. The molecule has 3 rings (SSSR count). The number of hydrogen-bond donors (Lipinski definition) is 1. The minimum absolute atomic E-state index is 0.0932. The maximum Gasteiger partial charge on any atom is 0.252 e. The fourth-order valence-electron chi connectivity index (χ4n) is 2.29. The average Bonchev–Trinajstić information content (AvgIpc) is 2.98. The summed E-state index contributed by atoms with van der Waals surface area (Å²) in [5, 5.41) is 16.8. The third-order valence-corrected chi connectivity index (χ3v) is 3.64. The molecular weight excluding hydrogens is 300 g/mol. The van der Waals surface area contributed by atoms with Gasteiger partial charge in [-0.2, -0.15) is 15.0 Å². The number of aromatic nitrogens is 4. The van der Waals surface area contributed by atoms with Gasteiger partial charge in [0.15, 0.2) is 5.82 Å². The second-order valence-electron chi connectivity index (χ2n) is 6.43. The summed E-state index contributed by atoms with van der Waals surface area (Å²) < 4.78 is 1.52. The SMILES string of the molecule is CC(C)(C)c1ccc(Nc2c(C#N)cnn2-c2ncccn2)cc1. The first-order valence-corrected chi connectivity index (χ1v) is 7.62. The van der Waals surface area contributed by atoms with Crippen molar-refractivity contribution in [2.75, 3.05) is 5.32 Å². The van der Waals surface area contributed by atoms with E-state index in [0.29, 0.717) is 17.3 Å². The fourth-order valence-corrected chi connectivity index (χ4v) is 2.29. The lowest BCUT2D eigenvalue weighted by atomic mass is 9.87. The van der Waals surface area contributed by atoms with Crippen LogP contribution in [0.15, 0.2) is 48.9 Å². The molecule has 3 aromatic rings. The van der Waals surface area contributed by atoms with Crippen LogP contribution in [0.1, 0.15) is 31.9 Å². The van der Waals surface area contributed by atoms with Crippen molar-refractivity contribution in [2.45, 2.75) is 26.2 Å². The molecule has 2 aromatic heterocycles. The molecule has 0 aliphatic heterocycles. The summed E-state index contributed by atoms with van der Waals surface area (Å²) in [4.78, 5) is 8.37. The first kappa shape index (κ1) is 15.7. The van der Waals surface area contributed by atoms with Gasteiger partial charge in [-0.05, 0) is 29.2 Å². The van der Waals surface area contributed by atoms with Crippen LogP contribution in [-0.4, -0.2) is 19.7 Å². The van der Waals surface area contributed by atoms with Crippen LogP contribution in [0, 0.1) is 11.3 Å². The van der Waals surface area contributed by atoms with E-state index < -0.39 is 0 Å². The molecule has 0 aliphatic rings. The van der Waals surface area contributed by atoms with E-state index >= 15 is 0 Å². The van der Waals surface area contributed by atoms with Crippen LogP contribution in [0.3, 0.4) is 0 Å². The monoisotopic (exact) mass is 318 g/mol. The predicted octanol–water partition coefficient (Wildman–Crippen LogP) is 3.58. The van der Waals surface area contributed by atoms with Crippen LogP contribution in [0.2, 0.25) is 0 Å². The van der Waals surface area contributed by atoms with Gasteiger partial charge in [0.2, 0.25) is 0 Å². The molecule has 120 valence electrons. The zero-order chi connectivity index (χ0) is 17.2. The van der Waals surface area contributed by atoms with E-state index in [1.54, 1.807) is 18.5 Å². The molecule has 1 N–H and O–H groups in total.